The van der Waals surface area contributed by atoms with Gasteiger partial charge in [0.1, 0.15) is 0 Å². The van der Waals surface area contributed by atoms with Crippen molar-refractivity contribution in [1.82, 2.24) is 4.72 Å². The molecular formula is C10H11BrN2O2S. The van der Waals surface area contributed by atoms with Crippen molar-refractivity contribution in [1.29, 1.82) is 5.26 Å². The van der Waals surface area contributed by atoms with Gasteiger partial charge < -0.3 is 0 Å². The van der Waals surface area contributed by atoms with E-state index < -0.39 is 10.0 Å². The molecule has 0 fully saturated rings. The Morgan fingerprint density at radius 2 is 2.19 bits per heavy atom. The number of benzene rings is 1. The Labute approximate surface area is 103 Å². The number of halogens is 1. The molecule has 0 saturated heterocycles. The van der Waals surface area contributed by atoms with Crippen LogP contribution >= 0.6 is 15.9 Å². The fraction of sp³-hybridized carbons (Fsp3) is 0.300. The maximum atomic E-state index is 11.8. The Kier molecular flexibility index (Phi) is 4.47. The van der Waals surface area contributed by atoms with Crippen LogP contribution in [0.4, 0.5) is 0 Å². The zero-order chi connectivity index (χ0) is 12.2. The molecule has 0 aliphatic heterocycles. The van der Waals surface area contributed by atoms with Gasteiger partial charge in [-0.25, -0.2) is 13.1 Å². The topological polar surface area (TPSA) is 70.0 Å². The van der Waals surface area contributed by atoms with E-state index in [-0.39, 0.29) is 4.90 Å². The molecular weight excluding hydrogens is 292 g/mol. The Morgan fingerprint density at radius 1 is 1.50 bits per heavy atom. The van der Waals surface area contributed by atoms with Gasteiger partial charge in [0.25, 0.3) is 0 Å². The summed E-state index contributed by atoms with van der Waals surface area (Å²) in [6, 6.07) is 6.47. The van der Waals surface area contributed by atoms with Crippen molar-refractivity contribution in [3.63, 3.8) is 0 Å². The van der Waals surface area contributed by atoms with E-state index in [9.17, 15) is 8.42 Å². The van der Waals surface area contributed by atoms with Crippen LogP contribution in [0.25, 0.3) is 0 Å². The molecule has 0 aromatic heterocycles. The fourth-order valence-electron chi connectivity index (χ4n) is 1.27. The van der Waals surface area contributed by atoms with Crippen LogP contribution < -0.4 is 4.72 Å². The highest BCUT2D eigenvalue weighted by molar-refractivity contribution is 9.09. The van der Waals surface area contributed by atoms with Crippen molar-refractivity contribution in [2.24, 2.45) is 0 Å². The first-order valence-electron chi connectivity index (χ1n) is 4.57. The third-order valence-corrected chi connectivity index (χ3v) is 4.00. The van der Waals surface area contributed by atoms with Crippen molar-refractivity contribution in [3.8, 4) is 6.07 Å². The molecule has 0 bridgehead atoms. The van der Waals surface area contributed by atoms with Gasteiger partial charge in [-0.2, -0.15) is 5.26 Å². The number of rotatable bonds is 4. The summed E-state index contributed by atoms with van der Waals surface area (Å²) >= 11 is 3.15. The van der Waals surface area contributed by atoms with E-state index in [4.69, 9.17) is 5.26 Å². The number of nitrogens with one attached hydrogen (secondary N) is 1. The first-order valence-corrected chi connectivity index (χ1v) is 7.18. The van der Waals surface area contributed by atoms with Crippen LogP contribution in [-0.2, 0) is 10.0 Å². The predicted molar refractivity (Wildman–Crippen MR) is 64.9 cm³/mol. The maximum absolute atomic E-state index is 11.8. The molecule has 0 unspecified atom stereocenters. The van der Waals surface area contributed by atoms with Gasteiger partial charge in [-0.1, -0.05) is 15.9 Å². The van der Waals surface area contributed by atoms with E-state index in [2.05, 4.69) is 20.7 Å². The number of hydrogen-bond donors (Lipinski definition) is 1. The molecule has 1 rings (SSSR count). The summed E-state index contributed by atoms with van der Waals surface area (Å²) in [5, 5.41) is 9.23. The van der Waals surface area contributed by atoms with E-state index in [1.807, 2.05) is 6.07 Å². The van der Waals surface area contributed by atoms with Crippen LogP contribution in [0.15, 0.2) is 23.1 Å². The first-order chi connectivity index (χ1) is 7.51. The van der Waals surface area contributed by atoms with E-state index in [0.29, 0.717) is 23.0 Å². The monoisotopic (exact) mass is 302 g/mol. The Bertz CT molecular complexity index is 520. The molecule has 0 saturated carbocycles. The summed E-state index contributed by atoms with van der Waals surface area (Å²) in [4.78, 5) is 0.215. The van der Waals surface area contributed by atoms with Crippen LogP contribution in [-0.4, -0.2) is 20.3 Å². The summed E-state index contributed by atoms with van der Waals surface area (Å²) in [5.74, 6) is 0. The van der Waals surface area contributed by atoms with Gasteiger partial charge >= 0.3 is 0 Å². The minimum absolute atomic E-state index is 0.215. The largest absolute Gasteiger partial charge is 0.240 e. The molecule has 16 heavy (non-hydrogen) atoms. The lowest BCUT2D eigenvalue weighted by Crippen LogP contribution is -2.26. The smallest absolute Gasteiger partial charge is 0.210 e. The molecule has 1 aromatic rings. The molecule has 0 aliphatic carbocycles. The average molecular weight is 303 g/mol. The third-order valence-electron chi connectivity index (χ3n) is 1.98. The molecule has 6 heteroatoms. The number of alkyl halides is 1. The van der Waals surface area contributed by atoms with Crippen LogP contribution in [0, 0.1) is 18.3 Å². The SMILES string of the molecule is Cc1cc(C#N)ccc1S(=O)(=O)NCCBr. The van der Waals surface area contributed by atoms with Gasteiger partial charge in [0.05, 0.1) is 16.5 Å². The summed E-state index contributed by atoms with van der Waals surface area (Å²) in [6.07, 6.45) is 0. The lowest BCUT2D eigenvalue weighted by atomic mass is 10.2. The van der Waals surface area contributed by atoms with Crippen molar-refractivity contribution in [2.45, 2.75) is 11.8 Å². The number of nitrogens with zero attached hydrogens (tertiary/aromatic N) is 1. The minimum Gasteiger partial charge on any atom is -0.210 e. The Balaban J connectivity index is 3.10. The van der Waals surface area contributed by atoms with E-state index in [0.717, 1.165) is 0 Å². The first kappa shape index (κ1) is 13.2. The zero-order valence-electron chi connectivity index (χ0n) is 8.70. The lowest BCUT2D eigenvalue weighted by molar-refractivity contribution is 0.583. The number of aryl methyl sites for hydroxylation is 1. The molecule has 1 aromatic carbocycles. The molecule has 4 nitrogen and oxygen atoms in total. The summed E-state index contributed by atoms with van der Waals surface area (Å²) < 4.78 is 26.0. The number of sulfonamides is 1. The second-order valence-corrected chi connectivity index (χ2v) is 5.71. The maximum Gasteiger partial charge on any atom is 0.240 e. The van der Waals surface area contributed by atoms with Gasteiger partial charge in [-0.3, -0.25) is 0 Å². The molecule has 0 radical (unpaired) electrons. The van der Waals surface area contributed by atoms with E-state index in [1.54, 1.807) is 13.0 Å². The van der Waals surface area contributed by atoms with Gasteiger partial charge in [0.15, 0.2) is 0 Å². The van der Waals surface area contributed by atoms with Crippen molar-refractivity contribution in [3.05, 3.63) is 29.3 Å². The second-order valence-electron chi connectivity index (χ2n) is 3.18. The van der Waals surface area contributed by atoms with Gasteiger partial charge in [-0.15, -0.1) is 0 Å². The average Bonchev–Trinajstić information content (AvgIpc) is 2.25. The molecule has 0 aliphatic rings. The van der Waals surface area contributed by atoms with Crippen molar-refractivity contribution < 1.29 is 8.42 Å². The van der Waals surface area contributed by atoms with Crippen LogP contribution in [0.5, 0.6) is 0 Å². The Hall–Kier alpha value is -0.900. The molecule has 86 valence electrons. The van der Waals surface area contributed by atoms with Crippen LogP contribution in [0.3, 0.4) is 0 Å². The highest BCUT2D eigenvalue weighted by atomic mass is 79.9. The molecule has 0 spiro atoms. The lowest BCUT2D eigenvalue weighted by Gasteiger charge is -2.08. The van der Waals surface area contributed by atoms with Crippen LogP contribution in [0.1, 0.15) is 11.1 Å². The van der Waals surface area contributed by atoms with E-state index in [1.165, 1.54) is 12.1 Å². The molecule has 0 heterocycles. The van der Waals surface area contributed by atoms with E-state index >= 15 is 0 Å². The van der Waals surface area contributed by atoms with Crippen LogP contribution in [0.2, 0.25) is 0 Å². The molecule has 0 atom stereocenters. The summed E-state index contributed by atoms with van der Waals surface area (Å²) in [6.45, 7) is 2.01. The summed E-state index contributed by atoms with van der Waals surface area (Å²) in [7, 11) is -3.47. The van der Waals surface area contributed by atoms with Crippen molar-refractivity contribution >= 4 is 26.0 Å². The number of nitriles is 1. The quantitative estimate of drug-likeness (QED) is 0.858. The molecule has 0 amide bonds. The van der Waals surface area contributed by atoms with Gasteiger partial charge in [0, 0.05) is 11.9 Å². The predicted octanol–water partition coefficient (Wildman–Crippen LogP) is 1.54. The van der Waals surface area contributed by atoms with Gasteiger partial charge in [0.2, 0.25) is 10.0 Å². The van der Waals surface area contributed by atoms with Gasteiger partial charge in [-0.05, 0) is 30.7 Å². The highest BCUT2D eigenvalue weighted by Gasteiger charge is 2.15. The summed E-state index contributed by atoms with van der Waals surface area (Å²) in [5.41, 5.74) is 1.03. The fourth-order valence-corrected chi connectivity index (χ4v) is 2.99. The number of hydrogen-bond acceptors (Lipinski definition) is 3. The Morgan fingerprint density at radius 3 is 2.69 bits per heavy atom. The standard InChI is InChI=1S/C10H11BrN2O2S/c1-8-6-9(7-12)2-3-10(8)16(14,15)13-5-4-11/h2-3,6,13H,4-5H2,1H3. The minimum atomic E-state index is -3.47. The third kappa shape index (κ3) is 3.04. The highest BCUT2D eigenvalue weighted by Crippen LogP contribution is 2.16. The second kappa shape index (κ2) is 5.43. The zero-order valence-corrected chi connectivity index (χ0v) is 11.1. The van der Waals surface area contributed by atoms with Crippen molar-refractivity contribution in [2.75, 3.05) is 11.9 Å². The molecule has 1 N–H and O–H groups in total. The normalized spacial score (nSPS) is 11.1.